The summed E-state index contributed by atoms with van der Waals surface area (Å²) in [6.45, 7) is 5.18. The summed E-state index contributed by atoms with van der Waals surface area (Å²) in [6, 6.07) is 9.56. The quantitative estimate of drug-likeness (QED) is 0.601. The lowest BCUT2D eigenvalue weighted by Gasteiger charge is -2.31. The Morgan fingerprint density at radius 1 is 1.15 bits per heavy atom. The number of ether oxygens (including phenoxy) is 1. The Bertz CT molecular complexity index is 656. The summed E-state index contributed by atoms with van der Waals surface area (Å²) in [5, 5.41) is 0. The number of benzene rings is 1. The van der Waals surface area contributed by atoms with Crippen LogP contribution < -0.4 is 22.0 Å². The minimum Gasteiger partial charge on any atom is -1.00 e. The van der Waals surface area contributed by atoms with Gasteiger partial charge in [-0.2, -0.15) is 0 Å². The molecule has 1 aliphatic rings. The second-order valence-corrected chi connectivity index (χ2v) is 6.28. The van der Waals surface area contributed by atoms with E-state index >= 15 is 0 Å². The van der Waals surface area contributed by atoms with Gasteiger partial charge in [-0.05, 0) is 49.2 Å². The maximum Gasteiger partial charge on any atom is 0.289 e. The zero-order valence-electron chi connectivity index (χ0n) is 14.6. The molecule has 1 aliphatic heterocycles. The van der Waals surface area contributed by atoms with Crippen LogP contribution >= 0.6 is 0 Å². The lowest BCUT2D eigenvalue weighted by Crippen LogP contribution is -3.14. The van der Waals surface area contributed by atoms with Gasteiger partial charge in [0.05, 0.1) is 45.6 Å². The Morgan fingerprint density at radius 2 is 1.88 bits per heavy atom. The molecule has 2 heterocycles. The first-order valence-electron chi connectivity index (χ1n) is 8.77. The normalized spacial score (nSPS) is 14.7. The third-order valence-electron chi connectivity index (χ3n) is 4.50. The van der Waals surface area contributed by atoms with Crippen LogP contribution in [-0.4, -0.2) is 50.1 Å². The number of rotatable bonds is 7. The van der Waals surface area contributed by atoms with Crippen LogP contribution in [0.4, 0.5) is 4.39 Å². The van der Waals surface area contributed by atoms with Crippen molar-refractivity contribution in [3.63, 3.8) is 0 Å². The molecule has 0 unspecified atom stereocenters. The highest BCUT2D eigenvalue weighted by Gasteiger charge is 2.25. The van der Waals surface area contributed by atoms with E-state index in [0.29, 0.717) is 18.1 Å². The molecule has 2 aromatic rings. The molecule has 7 heteroatoms. The monoisotopic (exact) mass is 382 g/mol. The molecule has 0 spiro atoms. The fourth-order valence-electron chi connectivity index (χ4n) is 3.03. The van der Waals surface area contributed by atoms with E-state index in [0.717, 1.165) is 45.6 Å². The van der Waals surface area contributed by atoms with Crippen LogP contribution in [0.15, 0.2) is 47.1 Å². The minimum absolute atomic E-state index is 0. The van der Waals surface area contributed by atoms with Crippen molar-refractivity contribution in [3.05, 3.63) is 54.2 Å². The van der Waals surface area contributed by atoms with Crippen molar-refractivity contribution in [3.8, 4) is 5.75 Å². The van der Waals surface area contributed by atoms with Gasteiger partial charge in [-0.15, -0.1) is 0 Å². The van der Waals surface area contributed by atoms with E-state index < -0.39 is 0 Å². The van der Waals surface area contributed by atoms with Crippen LogP contribution in [-0.2, 0) is 0 Å². The summed E-state index contributed by atoms with van der Waals surface area (Å²) in [6.07, 6.45) is 3.57. The molecule has 0 atom stereocenters. The SMILES string of the molecule is O=C(c1ccco1)N1CC[NH+](CCCCOc2ccc(F)cc2)CC1.[Cl-]. The predicted molar refractivity (Wildman–Crippen MR) is 91.3 cm³/mol. The van der Waals surface area contributed by atoms with Gasteiger partial charge in [-0.25, -0.2) is 4.39 Å². The molecule has 1 aromatic carbocycles. The van der Waals surface area contributed by atoms with Gasteiger partial charge in [0, 0.05) is 0 Å². The molecule has 0 aliphatic carbocycles. The van der Waals surface area contributed by atoms with Gasteiger partial charge < -0.3 is 31.4 Å². The van der Waals surface area contributed by atoms with Crippen LogP contribution in [0.5, 0.6) is 5.75 Å². The number of piperazine rings is 1. The molecule has 5 nitrogen and oxygen atoms in total. The topological polar surface area (TPSA) is 47.1 Å². The number of quaternary nitrogens is 1. The van der Waals surface area contributed by atoms with Crippen molar-refractivity contribution >= 4 is 5.91 Å². The number of carbonyl (C=O) groups excluding carboxylic acids is 1. The lowest BCUT2D eigenvalue weighted by atomic mass is 10.2. The largest absolute Gasteiger partial charge is 1.00 e. The lowest BCUT2D eigenvalue weighted by molar-refractivity contribution is -0.904. The van der Waals surface area contributed by atoms with Gasteiger partial charge in [0.1, 0.15) is 11.6 Å². The third-order valence-corrected chi connectivity index (χ3v) is 4.50. The molecule has 3 rings (SSSR count). The molecular weight excluding hydrogens is 359 g/mol. The summed E-state index contributed by atoms with van der Waals surface area (Å²) >= 11 is 0. The Hall–Kier alpha value is -2.05. The van der Waals surface area contributed by atoms with Gasteiger partial charge in [-0.3, -0.25) is 4.79 Å². The number of amides is 1. The number of hydrogen-bond donors (Lipinski definition) is 1. The van der Waals surface area contributed by atoms with Crippen LogP contribution in [0.25, 0.3) is 0 Å². The highest BCUT2D eigenvalue weighted by molar-refractivity contribution is 5.91. The number of nitrogens with zero attached hydrogens (tertiary/aromatic N) is 1. The summed E-state index contributed by atoms with van der Waals surface area (Å²) < 4.78 is 23.6. The minimum atomic E-state index is -0.249. The van der Waals surface area contributed by atoms with Crippen molar-refractivity contribution < 1.29 is 35.6 Å². The molecule has 0 bridgehead atoms. The standard InChI is InChI=1S/C19H23FN2O3.ClH/c20-16-5-7-17(8-6-16)24-14-2-1-9-21-10-12-22(13-11-21)19(23)18-4-3-15-25-18;/h3-8,15H,1-2,9-14H2;1H. The van der Waals surface area contributed by atoms with Crippen LogP contribution in [0.3, 0.4) is 0 Å². The predicted octanol–water partition coefficient (Wildman–Crippen LogP) is -1.38. The molecule has 142 valence electrons. The molecule has 1 aromatic heterocycles. The zero-order chi connectivity index (χ0) is 17.5. The molecule has 26 heavy (non-hydrogen) atoms. The first-order valence-corrected chi connectivity index (χ1v) is 8.77. The maximum absolute atomic E-state index is 12.8. The molecule has 1 amide bonds. The van der Waals surface area contributed by atoms with E-state index in [9.17, 15) is 9.18 Å². The zero-order valence-corrected chi connectivity index (χ0v) is 15.4. The van der Waals surface area contributed by atoms with E-state index in [-0.39, 0.29) is 24.1 Å². The number of unbranched alkanes of at least 4 members (excludes halogenated alkanes) is 1. The highest BCUT2D eigenvalue weighted by Crippen LogP contribution is 2.11. The van der Waals surface area contributed by atoms with E-state index in [2.05, 4.69) is 0 Å². The van der Waals surface area contributed by atoms with Crippen molar-refractivity contribution in [1.82, 2.24) is 4.90 Å². The number of halogens is 2. The fraction of sp³-hybridized carbons (Fsp3) is 0.421. The Kier molecular flexibility index (Phi) is 7.94. The Morgan fingerprint density at radius 3 is 2.54 bits per heavy atom. The third kappa shape index (κ3) is 5.75. The number of furan rings is 1. The maximum atomic E-state index is 12.8. The van der Waals surface area contributed by atoms with Gasteiger partial charge in [0.25, 0.3) is 5.91 Å². The summed E-state index contributed by atoms with van der Waals surface area (Å²) in [5.41, 5.74) is 0. The van der Waals surface area contributed by atoms with Gasteiger partial charge in [0.2, 0.25) is 0 Å². The molecule has 0 radical (unpaired) electrons. The second-order valence-electron chi connectivity index (χ2n) is 6.28. The van der Waals surface area contributed by atoms with Crippen molar-refractivity contribution in [2.24, 2.45) is 0 Å². The van der Waals surface area contributed by atoms with Crippen LogP contribution in [0.2, 0.25) is 0 Å². The first-order chi connectivity index (χ1) is 12.2. The number of hydrogen-bond acceptors (Lipinski definition) is 3. The van der Waals surface area contributed by atoms with E-state index in [1.54, 1.807) is 24.3 Å². The van der Waals surface area contributed by atoms with Crippen LogP contribution in [0.1, 0.15) is 23.4 Å². The number of nitrogens with one attached hydrogen (secondary N) is 1. The highest BCUT2D eigenvalue weighted by atomic mass is 35.5. The van der Waals surface area contributed by atoms with Gasteiger partial charge >= 0.3 is 0 Å². The smallest absolute Gasteiger partial charge is 0.289 e. The first kappa shape index (κ1) is 20.3. The average Bonchev–Trinajstić information content (AvgIpc) is 3.18. The molecular formula is C19H24ClFN2O3. The van der Waals surface area contributed by atoms with Crippen molar-refractivity contribution in [1.29, 1.82) is 0 Å². The van der Waals surface area contributed by atoms with Gasteiger partial charge in [0.15, 0.2) is 5.76 Å². The summed E-state index contributed by atoms with van der Waals surface area (Å²) in [4.78, 5) is 15.6. The Balaban J connectivity index is 0.00000243. The van der Waals surface area contributed by atoms with Gasteiger partial charge in [-0.1, -0.05) is 0 Å². The number of carbonyl (C=O) groups is 1. The van der Waals surface area contributed by atoms with E-state index in [1.165, 1.54) is 23.3 Å². The Labute approximate surface area is 159 Å². The molecule has 1 saturated heterocycles. The average molecular weight is 383 g/mol. The molecule has 1 N–H and O–H groups in total. The molecule has 1 fully saturated rings. The van der Waals surface area contributed by atoms with E-state index in [1.807, 2.05) is 4.90 Å². The summed E-state index contributed by atoms with van der Waals surface area (Å²) in [5.74, 6) is 0.859. The summed E-state index contributed by atoms with van der Waals surface area (Å²) in [7, 11) is 0. The second kappa shape index (κ2) is 10.2. The van der Waals surface area contributed by atoms with Crippen molar-refractivity contribution in [2.45, 2.75) is 12.8 Å². The van der Waals surface area contributed by atoms with Crippen LogP contribution in [0, 0.1) is 5.82 Å². The fourth-order valence-corrected chi connectivity index (χ4v) is 3.03. The molecule has 0 saturated carbocycles. The van der Waals surface area contributed by atoms with Crippen molar-refractivity contribution in [2.75, 3.05) is 39.3 Å². The van der Waals surface area contributed by atoms with E-state index in [4.69, 9.17) is 9.15 Å².